The van der Waals surface area contributed by atoms with Gasteiger partial charge < -0.3 is 14.0 Å². The van der Waals surface area contributed by atoms with E-state index in [0.717, 1.165) is 22.5 Å². The number of aryl methyl sites for hydroxylation is 3. The number of ketones is 1. The van der Waals surface area contributed by atoms with E-state index in [2.05, 4.69) is 4.74 Å². The van der Waals surface area contributed by atoms with Crippen molar-refractivity contribution in [2.75, 3.05) is 13.7 Å². The van der Waals surface area contributed by atoms with Crippen LogP contribution in [-0.4, -0.2) is 36.0 Å². The molecule has 6 heteroatoms. The van der Waals surface area contributed by atoms with Gasteiger partial charge in [-0.05, 0) is 57.0 Å². The zero-order chi connectivity index (χ0) is 20.1. The average molecular weight is 371 g/mol. The fourth-order valence-electron chi connectivity index (χ4n) is 2.89. The molecule has 0 amide bonds. The van der Waals surface area contributed by atoms with Gasteiger partial charge in [-0.25, -0.2) is 4.79 Å². The number of benzene rings is 1. The summed E-state index contributed by atoms with van der Waals surface area (Å²) in [4.78, 5) is 36.0. The SMILES string of the molecule is COC(=O)CCn1c(C)cc(C(=O)COC(=O)c2ccc(C)c(C)c2)c1C. The van der Waals surface area contributed by atoms with Crippen molar-refractivity contribution in [3.63, 3.8) is 0 Å². The zero-order valence-corrected chi connectivity index (χ0v) is 16.4. The molecule has 0 aliphatic heterocycles. The molecule has 144 valence electrons. The molecular weight excluding hydrogens is 346 g/mol. The molecule has 0 fully saturated rings. The minimum atomic E-state index is -0.522. The molecule has 0 unspecified atom stereocenters. The van der Waals surface area contributed by atoms with Gasteiger partial charge in [-0.3, -0.25) is 9.59 Å². The molecule has 0 radical (unpaired) electrons. The van der Waals surface area contributed by atoms with Crippen molar-refractivity contribution in [2.45, 2.75) is 40.7 Å². The minimum absolute atomic E-state index is 0.224. The van der Waals surface area contributed by atoms with Gasteiger partial charge in [0.1, 0.15) is 0 Å². The van der Waals surface area contributed by atoms with Crippen molar-refractivity contribution in [1.29, 1.82) is 0 Å². The molecule has 2 aromatic rings. The number of esters is 2. The van der Waals surface area contributed by atoms with Crippen LogP contribution in [0.25, 0.3) is 0 Å². The Hall–Kier alpha value is -2.89. The Kier molecular flexibility index (Phi) is 6.55. The maximum Gasteiger partial charge on any atom is 0.338 e. The lowest BCUT2D eigenvalue weighted by Gasteiger charge is -2.09. The first-order valence-electron chi connectivity index (χ1n) is 8.75. The summed E-state index contributed by atoms with van der Waals surface area (Å²) < 4.78 is 11.7. The van der Waals surface area contributed by atoms with Gasteiger partial charge in [0.25, 0.3) is 0 Å². The Bertz CT molecular complexity index is 879. The van der Waals surface area contributed by atoms with Crippen LogP contribution in [0.2, 0.25) is 0 Å². The van der Waals surface area contributed by atoms with Gasteiger partial charge in [-0.2, -0.15) is 0 Å². The summed E-state index contributed by atoms with van der Waals surface area (Å²) in [5, 5.41) is 0. The minimum Gasteiger partial charge on any atom is -0.469 e. The number of hydrogen-bond donors (Lipinski definition) is 0. The molecule has 1 heterocycles. The van der Waals surface area contributed by atoms with E-state index < -0.39 is 5.97 Å². The maximum atomic E-state index is 12.5. The molecular formula is C21H25NO5. The third-order valence-electron chi connectivity index (χ3n) is 4.72. The Morgan fingerprint density at radius 2 is 1.70 bits per heavy atom. The first-order valence-corrected chi connectivity index (χ1v) is 8.75. The molecule has 2 rings (SSSR count). The molecule has 1 aromatic carbocycles. The largest absolute Gasteiger partial charge is 0.469 e. The average Bonchev–Trinajstić information content (AvgIpc) is 2.93. The van der Waals surface area contributed by atoms with E-state index >= 15 is 0 Å². The third kappa shape index (κ3) is 4.84. The fourth-order valence-corrected chi connectivity index (χ4v) is 2.89. The van der Waals surface area contributed by atoms with Crippen molar-refractivity contribution < 1.29 is 23.9 Å². The number of nitrogens with zero attached hydrogens (tertiary/aromatic N) is 1. The summed E-state index contributed by atoms with van der Waals surface area (Å²) in [6.07, 6.45) is 0.224. The molecule has 0 saturated carbocycles. The number of carbonyl (C=O) groups excluding carboxylic acids is 3. The monoisotopic (exact) mass is 371 g/mol. The van der Waals surface area contributed by atoms with E-state index in [-0.39, 0.29) is 24.8 Å². The van der Waals surface area contributed by atoms with Crippen LogP contribution in [0.1, 0.15) is 49.7 Å². The highest BCUT2D eigenvalue weighted by atomic mass is 16.5. The van der Waals surface area contributed by atoms with E-state index in [1.165, 1.54) is 7.11 Å². The highest BCUT2D eigenvalue weighted by Crippen LogP contribution is 2.17. The normalized spacial score (nSPS) is 10.6. The van der Waals surface area contributed by atoms with E-state index in [1.807, 2.05) is 38.3 Å². The first-order chi connectivity index (χ1) is 12.7. The number of rotatable bonds is 7. The third-order valence-corrected chi connectivity index (χ3v) is 4.72. The van der Waals surface area contributed by atoms with E-state index in [4.69, 9.17) is 4.74 Å². The Morgan fingerprint density at radius 1 is 1.00 bits per heavy atom. The van der Waals surface area contributed by atoms with Crippen LogP contribution < -0.4 is 0 Å². The second-order valence-electron chi connectivity index (χ2n) is 6.56. The summed E-state index contributed by atoms with van der Waals surface area (Å²) in [6.45, 7) is 7.66. The van der Waals surface area contributed by atoms with Crippen LogP contribution in [0, 0.1) is 27.7 Å². The van der Waals surface area contributed by atoms with Gasteiger partial charge in [0.15, 0.2) is 6.61 Å². The maximum absolute atomic E-state index is 12.5. The lowest BCUT2D eigenvalue weighted by Crippen LogP contribution is -2.15. The molecule has 27 heavy (non-hydrogen) atoms. The van der Waals surface area contributed by atoms with E-state index in [0.29, 0.717) is 17.7 Å². The van der Waals surface area contributed by atoms with Crippen LogP contribution >= 0.6 is 0 Å². The van der Waals surface area contributed by atoms with Crippen LogP contribution in [0.3, 0.4) is 0 Å². The molecule has 0 N–H and O–H groups in total. The number of Topliss-reactive ketones (excluding diaryl/α,β-unsaturated/α-hetero) is 1. The lowest BCUT2D eigenvalue weighted by atomic mass is 10.1. The van der Waals surface area contributed by atoms with Gasteiger partial charge >= 0.3 is 11.9 Å². The highest BCUT2D eigenvalue weighted by Gasteiger charge is 2.18. The molecule has 1 aromatic heterocycles. The Balaban J connectivity index is 2.04. The number of ether oxygens (including phenoxy) is 2. The number of aromatic nitrogens is 1. The topological polar surface area (TPSA) is 74.6 Å². The van der Waals surface area contributed by atoms with Crippen molar-refractivity contribution in [2.24, 2.45) is 0 Å². The smallest absolute Gasteiger partial charge is 0.338 e. The lowest BCUT2D eigenvalue weighted by molar-refractivity contribution is -0.140. The Morgan fingerprint density at radius 3 is 2.33 bits per heavy atom. The van der Waals surface area contributed by atoms with Gasteiger partial charge in [0.05, 0.1) is 19.1 Å². The second kappa shape index (κ2) is 8.66. The molecule has 0 spiro atoms. The fraction of sp³-hybridized carbons (Fsp3) is 0.381. The molecule has 0 aliphatic rings. The summed E-state index contributed by atoms with van der Waals surface area (Å²) in [5.74, 6) is -1.10. The number of carbonyl (C=O) groups is 3. The first kappa shape index (κ1) is 20.4. The standard InChI is InChI=1S/C21H25NO5/c1-13-6-7-17(10-14(13)2)21(25)27-12-19(23)18-11-15(3)22(16(18)4)9-8-20(24)26-5/h6-7,10-11H,8-9,12H2,1-5H3. The molecule has 0 saturated heterocycles. The molecule has 0 atom stereocenters. The van der Waals surface area contributed by atoms with E-state index in [1.54, 1.807) is 18.2 Å². The summed E-state index contributed by atoms with van der Waals surface area (Å²) >= 11 is 0. The zero-order valence-electron chi connectivity index (χ0n) is 16.4. The second-order valence-corrected chi connectivity index (χ2v) is 6.56. The van der Waals surface area contributed by atoms with Crippen LogP contribution in [0.4, 0.5) is 0 Å². The van der Waals surface area contributed by atoms with Crippen molar-refractivity contribution in [3.05, 3.63) is 57.9 Å². The number of hydrogen-bond acceptors (Lipinski definition) is 5. The van der Waals surface area contributed by atoms with Crippen molar-refractivity contribution in [1.82, 2.24) is 4.57 Å². The summed E-state index contributed by atoms with van der Waals surface area (Å²) in [5.41, 5.74) is 4.59. The van der Waals surface area contributed by atoms with Gasteiger partial charge in [-0.15, -0.1) is 0 Å². The predicted octanol–water partition coefficient (Wildman–Crippen LogP) is 3.32. The summed E-state index contributed by atoms with van der Waals surface area (Å²) in [6, 6.07) is 7.04. The Labute approximate surface area is 159 Å². The van der Waals surface area contributed by atoms with E-state index in [9.17, 15) is 14.4 Å². The quantitative estimate of drug-likeness (QED) is 0.551. The van der Waals surface area contributed by atoms with Gasteiger partial charge in [0, 0.05) is 23.5 Å². The van der Waals surface area contributed by atoms with Crippen molar-refractivity contribution in [3.8, 4) is 0 Å². The molecule has 6 nitrogen and oxygen atoms in total. The molecule has 0 aliphatic carbocycles. The summed E-state index contributed by atoms with van der Waals surface area (Å²) in [7, 11) is 1.34. The van der Waals surface area contributed by atoms with Crippen molar-refractivity contribution >= 4 is 17.7 Å². The van der Waals surface area contributed by atoms with Crippen LogP contribution in [0.5, 0.6) is 0 Å². The van der Waals surface area contributed by atoms with Gasteiger partial charge in [0.2, 0.25) is 5.78 Å². The molecule has 0 bridgehead atoms. The predicted molar refractivity (Wildman–Crippen MR) is 101 cm³/mol. The number of methoxy groups -OCH3 is 1. The van der Waals surface area contributed by atoms with Crippen LogP contribution in [0.15, 0.2) is 24.3 Å². The van der Waals surface area contributed by atoms with Crippen LogP contribution in [-0.2, 0) is 20.8 Å². The van der Waals surface area contributed by atoms with Gasteiger partial charge in [-0.1, -0.05) is 6.07 Å². The highest BCUT2D eigenvalue weighted by molar-refractivity contribution is 6.00.